The standard InChI is InChI=1S/C20H32N6O.HI/c1-15(2)10-12-21-20(23-14-19-25-24-16(3)26(19)4)22-13-11-17-6-8-18(27-5)9-7-17;/h6-9,15H,10-14H2,1-5H3,(H2,21,22,23);1H. The van der Waals surface area contributed by atoms with Gasteiger partial charge in [0, 0.05) is 20.1 Å². The van der Waals surface area contributed by atoms with Gasteiger partial charge in [-0.15, -0.1) is 34.2 Å². The molecule has 8 heteroatoms. The molecule has 0 unspecified atom stereocenters. The number of hydrogen-bond donors (Lipinski definition) is 2. The third-order valence-corrected chi connectivity index (χ3v) is 4.44. The van der Waals surface area contributed by atoms with E-state index < -0.39 is 0 Å². The SMILES string of the molecule is COc1ccc(CCNC(=NCc2nnc(C)n2C)NCCC(C)C)cc1.I. The van der Waals surface area contributed by atoms with Gasteiger partial charge in [-0.2, -0.15) is 0 Å². The molecule has 7 nitrogen and oxygen atoms in total. The molecule has 0 aliphatic carbocycles. The molecule has 28 heavy (non-hydrogen) atoms. The van der Waals surface area contributed by atoms with Crippen LogP contribution in [-0.2, 0) is 20.0 Å². The Bertz CT molecular complexity index is 727. The monoisotopic (exact) mass is 500 g/mol. The van der Waals surface area contributed by atoms with Gasteiger partial charge in [0.1, 0.15) is 18.1 Å². The lowest BCUT2D eigenvalue weighted by Gasteiger charge is -2.14. The number of benzene rings is 1. The molecule has 0 aliphatic rings. The van der Waals surface area contributed by atoms with E-state index in [1.165, 1.54) is 5.56 Å². The van der Waals surface area contributed by atoms with Crippen LogP contribution < -0.4 is 15.4 Å². The van der Waals surface area contributed by atoms with Crippen LogP contribution in [0.5, 0.6) is 5.75 Å². The van der Waals surface area contributed by atoms with Gasteiger partial charge in [-0.1, -0.05) is 26.0 Å². The zero-order valence-electron chi connectivity index (χ0n) is 17.5. The second-order valence-electron chi connectivity index (χ2n) is 7.02. The summed E-state index contributed by atoms with van der Waals surface area (Å²) in [5.41, 5.74) is 1.26. The molecule has 0 spiro atoms. The van der Waals surface area contributed by atoms with Crippen molar-refractivity contribution < 1.29 is 4.74 Å². The van der Waals surface area contributed by atoms with Crippen LogP contribution in [0.2, 0.25) is 0 Å². The summed E-state index contributed by atoms with van der Waals surface area (Å²) < 4.78 is 7.17. The minimum Gasteiger partial charge on any atom is -0.497 e. The van der Waals surface area contributed by atoms with E-state index in [0.717, 1.165) is 49.3 Å². The minimum absolute atomic E-state index is 0. The molecule has 0 atom stereocenters. The van der Waals surface area contributed by atoms with E-state index in [2.05, 4.69) is 51.8 Å². The highest BCUT2D eigenvalue weighted by Crippen LogP contribution is 2.11. The number of aromatic nitrogens is 3. The van der Waals surface area contributed by atoms with Crippen molar-refractivity contribution in [2.75, 3.05) is 20.2 Å². The fraction of sp³-hybridized carbons (Fsp3) is 0.550. The highest BCUT2D eigenvalue weighted by atomic mass is 127. The van der Waals surface area contributed by atoms with Crippen molar-refractivity contribution in [2.45, 2.75) is 40.2 Å². The van der Waals surface area contributed by atoms with Crippen LogP contribution in [0.15, 0.2) is 29.3 Å². The number of halogens is 1. The highest BCUT2D eigenvalue weighted by molar-refractivity contribution is 14.0. The summed E-state index contributed by atoms with van der Waals surface area (Å²) in [6, 6.07) is 8.15. The van der Waals surface area contributed by atoms with Gasteiger partial charge in [0.15, 0.2) is 11.8 Å². The molecule has 2 N–H and O–H groups in total. The molecule has 0 saturated carbocycles. The fourth-order valence-corrected chi connectivity index (χ4v) is 2.51. The van der Waals surface area contributed by atoms with E-state index in [-0.39, 0.29) is 24.0 Å². The van der Waals surface area contributed by atoms with Gasteiger partial charge in [-0.05, 0) is 43.4 Å². The van der Waals surface area contributed by atoms with Crippen LogP contribution in [0, 0.1) is 12.8 Å². The van der Waals surface area contributed by atoms with Gasteiger partial charge in [0.2, 0.25) is 0 Å². The number of guanidine groups is 1. The van der Waals surface area contributed by atoms with Crippen LogP contribution in [0.3, 0.4) is 0 Å². The van der Waals surface area contributed by atoms with Crippen molar-refractivity contribution in [3.63, 3.8) is 0 Å². The van der Waals surface area contributed by atoms with Crippen LogP contribution in [0.25, 0.3) is 0 Å². The van der Waals surface area contributed by atoms with Gasteiger partial charge in [0.25, 0.3) is 0 Å². The Balaban J connectivity index is 0.00000392. The van der Waals surface area contributed by atoms with E-state index in [0.29, 0.717) is 12.5 Å². The first kappa shape index (κ1) is 24.2. The van der Waals surface area contributed by atoms with Gasteiger partial charge in [-0.3, -0.25) is 0 Å². The molecule has 0 bridgehead atoms. The molecule has 2 rings (SSSR count). The Morgan fingerprint density at radius 2 is 1.82 bits per heavy atom. The number of rotatable bonds is 9. The highest BCUT2D eigenvalue weighted by Gasteiger charge is 2.05. The normalized spacial score (nSPS) is 11.3. The van der Waals surface area contributed by atoms with E-state index in [1.54, 1.807) is 7.11 Å². The average Bonchev–Trinajstić information content (AvgIpc) is 2.98. The average molecular weight is 500 g/mol. The molecular formula is C20H33IN6O. The third kappa shape index (κ3) is 8.04. The quantitative estimate of drug-likeness (QED) is 0.315. The topological polar surface area (TPSA) is 76.4 Å². The maximum absolute atomic E-state index is 5.20. The molecule has 0 radical (unpaired) electrons. The molecule has 0 fully saturated rings. The molecule has 1 heterocycles. The predicted octanol–water partition coefficient (Wildman–Crippen LogP) is 3.07. The van der Waals surface area contributed by atoms with E-state index in [1.807, 2.05) is 30.7 Å². The molecule has 0 aliphatic heterocycles. The Morgan fingerprint density at radius 1 is 1.14 bits per heavy atom. The van der Waals surface area contributed by atoms with Gasteiger partial charge in [-0.25, -0.2) is 4.99 Å². The maximum Gasteiger partial charge on any atom is 0.191 e. The molecule has 0 amide bonds. The zero-order valence-corrected chi connectivity index (χ0v) is 19.9. The molecular weight excluding hydrogens is 467 g/mol. The summed E-state index contributed by atoms with van der Waals surface area (Å²) >= 11 is 0. The Hall–Kier alpha value is -1.84. The van der Waals surface area contributed by atoms with Crippen molar-refractivity contribution in [3.05, 3.63) is 41.5 Å². The number of ether oxygens (including phenoxy) is 1. The predicted molar refractivity (Wildman–Crippen MR) is 124 cm³/mol. The van der Waals surface area contributed by atoms with E-state index >= 15 is 0 Å². The van der Waals surface area contributed by atoms with Crippen LogP contribution in [-0.4, -0.2) is 40.9 Å². The van der Waals surface area contributed by atoms with Crippen LogP contribution >= 0.6 is 24.0 Å². The largest absolute Gasteiger partial charge is 0.497 e. The zero-order chi connectivity index (χ0) is 19.6. The van der Waals surface area contributed by atoms with E-state index in [9.17, 15) is 0 Å². The minimum atomic E-state index is 0. The fourth-order valence-electron chi connectivity index (χ4n) is 2.51. The number of nitrogens with one attached hydrogen (secondary N) is 2. The van der Waals surface area contributed by atoms with Gasteiger partial charge in [0.05, 0.1) is 7.11 Å². The molecule has 2 aromatic rings. The summed E-state index contributed by atoms with van der Waals surface area (Å²) in [7, 11) is 3.64. The first-order valence-corrected chi connectivity index (χ1v) is 9.49. The summed E-state index contributed by atoms with van der Waals surface area (Å²) in [4.78, 5) is 4.67. The summed E-state index contributed by atoms with van der Waals surface area (Å²) in [6.45, 7) is 8.57. The lowest BCUT2D eigenvalue weighted by atomic mass is 10.1. The third-order valence-electron chi connectivity index (χ3n) is 4.44. The molecule has 1 aromatic heterocycles. The summed E-state index contributed by atoms with van der Waals surface area (Å²) in [5, 5.41) is 15.1. The summed E-state index contributed by atoms with van der Waals surface area (Å²) in [6.07, 6.45) is 2.01. The van der Waals surface area contributed by atoms with Crippen molar-refractivity contribution in [1.82, 2.24) is 25.4 Å². The Kier molecular flexibility index (Phi) is 10.9. The Labute approximate surface area is 185 Å². The lowest BCUT2D eigenvalue weighted by molar-refractivity contribution is 0.414. The lowest BCUT2D eigenvalue weighted by Crippen LogP contribution is -2.39. The number of methoxy groups -OCH3 is 1. The van der Waals surface area contributed by atoms with E-state index in [4.69, 9.17) is 4.74 Å². The maximum atomic E-state index is 5.20. The first-order valence-electron chi connectivity index (χ1n) is 9.49. The number of aryl methyl sites for hydroxylation is 1. The van der Waals surface area contributed by atoms with Crippen molar-refractivity contribution in [1.29, 1.82) is 0 Å². The molecule has 1 aromatic carbocycles. The van der Waals surface area contributed by atoms with Crippen molar-refractivity contribution in [2.24, 2.45) is 18.0 Å². The second-order valence-corrected chi connectivity index (χ2v) is 7.02. The number of hydrogen-bond acceptors (Lipinski definition) is 4. The smallest absolute Gasteiger partial charge is 0.191 e. The first-order chi connectivity index (χ1) is 13.0. The van der Waals surface area contributed by atoms with Gasteiger partial charge < -0.3 is 19.9 Å². The molecule has 0 saturated heterocycles. The van der Waals surface area contributed by atoms with Crippen molar-refractivity contribution in [3.8, 4) is 5.75 Å². The molecule has 156 valence electrons. The number of aliphatic imine (C=N–C) groups is 1. The summed E-state index contributed by atoms with van der Waals surface area (Å²) in [5.74, 6) is 4.09. The number of nitrogens with zero attached hydrogens (tertiary/aromatic N) is 4. The van der Waals surface area contributed by atoms with Crippen LogP contribution in [0.1, 0.15) is 37.5 Å². The second kappa shape index (κ2) is 12.6. The Morgan fingerprint density at radius 3 is 2.39 bits per heavy atom. The van der Waals surface area contributed by atoms with Crippen LogP contribution in [0.4, 0.5) is 0 Å². The van der Waals surface area contributed by atoms with Gasteiger partial charge >= 0.3 is 0 Å². The van der Waals surface area contributed by atoms with Crippen molar-refractivity contribution >= 4 is 29.9 Å².